The molecule has 2 aromatic rings. The van der Waals surface area contributed by atoms with Crippen LogP contribution in [0.15, 0.2) is 53.0 Å². The molecule has 0 bridgehead atoms. The molecule has 0 unspecified atom stereocenters. The first-order valence-corrected chi connectivity index (χ1v) is 7.30. The van der Waals surface area contributed by atoms with E-state index in [0.29, 0.717) is 6.42 Å². The van der Waals surface area contributed by atoms with E-state index in [1.807, 2.05) is 30.3 Å². The lowest BCUT2D eigenvalue weighted by atomic mass is 10.1. The van der Waals surface area contributed by atoms with Gasteiger partial charge in [0.15, 0.2) is 0 Å². The SMILES string of the molecule is O=C(N[C@@H](CO)Cc1ccccc1)c1cccc(F)c1Br. The predicted molar refractivity (Wildman–Crippen MR) is 82.6 cm³/mol. The van der Waals surface area contributed by atoms with Gasteiger partial charge >= 0.3 is 0 Å². The molecule has 0 saturated heterocycles. The van der Waals surface area contributed by atoms with Gasteiger partial charge in [-0.1, -0.05) is 36.4 Å². The maximum atomic E-state index is 13.4. The van der Waals surface area contributed by atoms with E-state index < -0.39 is 17.8 Å². The van der Waals surface area contributed by atoms with Crippen LogP contribution in [0.1, 0.15) is 15.9 Å². The van der Waals surface area contributed by atoms with Gasteiger partial charge in [-0.3, -0.25) is 4.79 Å². The van der Waals surface area contributed by atoms with Crippen molar-refractivity contribution < 1.29 is 14.3 Å². The van der Waals surface area contributed by atoms with Crippen LogP contribution in [0.25, 0.3) is 0 Å². The number of rotatable bonds is 5. The van der Waals surface area contributed by atoms with Crippen molar-refractivity contribution in [3.8, 4) is 0 Å². The molecular formula is C16H15BrFNO2. The average molecular weight is 352 g/mol. The number of aliphatic hydroxyl groups is 1. The minimum atomic E-state index is -0.494. The summed E-state index contributed by atoms with van der Waals surface area (Å²) in [6.07, 6.45) is 0.510. The first-order chi connectivity index (χ1) is 10.1. The highest BCUT2D eigenvalue weighted by Gasteiger charge is 2.17. The van der Waals surface area contributed by atoms with E-state index in [2.05, 4.69) is 21.2 Å². The molecule has 0 saturated carbocycles. The third-order valence-electron chi connectivity index (χ3n) is 3.08. The van der Waals surface area contributed by atoms with E-state index in [1.165, 1.54) is 18.2 Å². The minimum Gasteiger partial charge on any atom is -0.394 e. The van der Waals surface area contributed by atoms with Gasteiger partial charge in [0.2, 0.25) is 0 Å². The van der Waals surface area contributed by atoms with Crippen LogP contribution in [0.2, 0.25) is 0 Å². The number of nitrogens with one attached hydrogen (secondary N) is 1. The van der Waals surface area contributed by atoms with E-state index in [4.69, 9.17) is 0 Å². The number of benzene rings is 2. The molecule has 0 radical (unpaired) electrons. The van der Waals surface area contributed by atoms with Gasteiger partial charge in [0.25, 0.3) is 5.91 Å². The Labute approximate surface area is 130 Å². The monoisotopic (exact) mass is 351 g/mol. The molecule has 0 aliphatic carbocycles. The summed E-state index contributed by atoms with van der Waals surface area (Å²) in [6, 6.07) is 13.4. The maximum absolute atomic E-state index is 13.4. The summed E-state index contributed by atoms with van der Waals surface area (Å²) in [5.41, 5.74) is 1.22. The lowest BCUT2D eigenvalue weighted by Crippen LogP contribution is -2.39. The second-order valence-corrected chi connectivity index (χ2v) is 5.44. The summed E-state index contributed by atoms with van der Waals surface area (Å²) in [7, 11) is 0. The van der Waals surface area contributed by atoms with Crippen LogP contribution in [-0.4, -0.2) is 23.7 Å². The average Bonchev–Trinajstić information content (AvgIpc) is 2.50. The Kier molecular flexibility index (Phi) is 5.47. The highest BCUT2D eigenvalue weighted by molar-refractivity contribution is 9.10. The third-order valence-corrected chi connectivity index (χ3v) is 3.88. The van der Waals surface area contributed by atoms with Gasteiger partial charge in [0.1, 0.15) is 5.82 Å². The van der Waals surface area contributed by atoms with E-state index in [0.717, 1.165) is 5.56 Å². The number of hydrogen-bond acceptors (Lipinski definition) is 2. The van der Waals surface area contributed by atoms with Crippen LogP contribution in [0.5, 0.6) is 0 Å². The van der Waals surface area contributed by atoms with Gasteiger partial charge in [-0.25, -0.2) is 4.39 Å². The molecule has 0 heterocycles. The maximum Gasteiger partial charge on any atom is 0.252 e. The summed E-state index contributed by atoms with van der Waals surface area (Å²) >= 11 is 3.06. The van der Waals surface area contributed by atoms with Crippen molar-refractivity contribution in [1.29, 1.82) is 0 Å². The van der Waals surface area contributed by atoms with E-state index >= 15 is 0 Å². The zero-order valence-electron chi connectivity index (χ0n) is 11.2. The number of carbonyl (C=O) groups is 1. The molecule has 0 spiro atoms. The molecule has 1 atom stereocenters. The van der Waals surface area contributed by atoms with Crippen molar-refractivity contribution in [2.45, 2.75) is 12.5 Å². The molecule has 0 aliphatic heterocycles. The van der Waals surface area contributed by atoms with Crippen molar-refractivity contribution in [3.63, 3.8) is 0 Å². The Morgan fingerprint density at radius 1 is 1.19 bits per heavy atom. The summed E-state index contributed by atoms with van der Waals surface area (Å²) in [5.74, 6) is -0.914. The van der Waals surface area contributed by atoms with Crippen molar-refractivity contribution >= 4 is 21.8 Å². The lowest BCUT2D eigenvalue weighted by molar-refractivity contribution is 0.0915. The quantitative estimate of drug-likeness (QED) is 0.869. The fourth-order valence-corrected chi connectivity index (χ4v) is 2.45. The van der Waals surface area contributed by atoms with Crippen LogP contribution < -0.4 is 5.32 Å². The van der Waals surface area contributed by atoms with Gasteiger partial charge in [-0.15, -0.1) is 0 Å². The molecule has 2 N–H and O–H groups in total. The summed E-state index contributed by atoms with van der Waals surface area (Å²) in [6.45, 7) is -0.187. The Hall–Kier alpha value is -1.72. The molecule has 2 rings (SSSR count). The zero-order valence-corrected chi connectivity index (χ0v) is 12.8. The van der Waals surface area contributed by atoms with Crippen LogP contribution in [-0.2, 0) is 6.42 Å². The van der Waals surface area contributed by atoms with Crippen molar-refractivity contribution in [2.24, 2.45) is 0 Å². The lowest BCUT2D eigenvalue weighted by Gasteiger charge is -2.17. The smallest absolute Gasteiger partial charge is 0.252 e. The molecule has 0 aliphatic rings. The molecular weight excluding hydrogens is 337 g/mol. The fourth-order valence-electron chi connectivity index (χ4n) is 2.00. The first-order valence-electron chi connectivity index (χ1n) is 6.51. The second-order valence-electron chi connectivity index (χ2n) is 4.64. The van der Waals surface area contributed by atoms with Crippen molar-refractivity contribution in [3.05, 3.63) is 69.9 Å². The molecule has 2 aromatic carbocycles. The topological polar surface area (TPSA) is 49.3 Å². The summed E-state index contributed by atoms with van der Waals surface area (Å²) < 4.78 is 13.6. The Morgan fingerprint density at radius 2 is 1.90 bits per heavy atom. The number of carbonyl (C=O) groups excluding carboxylic acids is 1. The molecule has 5 heteroatoms. The fraction of sp³-hybridized carbons (Fsp3) is 0.188. The number of aliphatic hydroxyl groups excluding tert-OH is 1. The summed E-state index contributed by atoms with van der Waals surface area (Å²) in [5, 5.41) is 12.1. The Bertz CT molecular complexity index is 619. The van der Waals surface area contributed by atoms with E-state index in [9.17, 15) is 14.3 Å². The predicted octanol–water partition coefficient (Wildman–Crippen LogP) is 2.92. The number of hydrogen-bond donors (Lipinski definition) is 2. The van der Waals surface area contributed by atoms with Crippen LogP contribution in [0.3, 0.4) is 0 Å². The highest BCUT2D eigenvalue weighted by Crippen LogP contribution is 2.20. The van der Waals surface area contributed by atoms with Crippen LogP contribution in [0.4, 0.5) is 4.39 Å². The summed E-state index contributed by atoms with van der Waals surface area (Å²) in [4.78, 5) is 12.2. The Balaban J connectivity index is 2.08. The normalized spacial score (nSPS) is 12.0. The van der Waals surface area contributed by atoms with Gasteiger partial charge in [0, 0.05) is 0 Å². The van der Waals surface area contributed by atoms with Crippen molar-refractivity contribution in [2.75, 3.05) is 6.61 Å². The van der Waals surface area contributed by atoms with Crippen molar-refractivity contribution in [1.82, 2.24) is 5.32 Å². The van der Waals surface area contributed by atoms with E-state index in [1.54, 1.807) is 0 Å². The van der Waals surface area contributed by atoms with Gasteiger partial charge in [-0.2, -0.15) is 0 Å². The van der Waals surface area contributed by atoms with Gasteiger partial charge in [-0.05, 0) is 40.0 Å². The third kappa shape index (κ3) is 4.12. The standard InChI is InChI=1S/C16H15BrFNO2/c17-15-13(7-4-8-14(15)18)16(21)19-12(10-20)9-11-5-2-1-3-6-11/h1-8,12,20H,9-10H2,(H,19,21)/t12-/m1/s1. The molecule has 0 aromatic heterocycles. The highest BCUT2D eigenvalue weighted by atomic mass is 79.9. The minimum absolute atomic E-state index is 0.124. The zero-order chi connectivity index (χ0) is 15.2. The molecule has 110 valence electrons. The van der Waals surface area contributed by atoms with E-state index in [-0.39, 0.29) is 16.6 Å². The van der Waals surface area contributed by atoms with Crippen LogP contribution in [0, 0.1) is 5.82 Å². The molecule has 21 heavy (non-hydrogen) atoms. The number of amides is 1. The molecule has 1 amide bonds. The molecule has 3 nitrogen and oxygen atoms in total. The van der Waals surface area contributed by atoms with Gasteiger partial charge < -0.3 is 10.4 Å². The number of halogens is 2. The van der Waals surface area contributed by atoms with Crippen LogP contribution >= 0.6 is 15.9 Å². The Morgan fingerprint density at radius 3 is 2.57 bits per heavy atom. The largest absolute Gasteiger partial charge is 0.394 e. The first kappa shape index (κ1) is 15.7. The second kappa shape index (κ2) is 7.33. The van der Waals surface area contributed by atoms with Gasteiger partial charge in [0.05, 0.1) is 22.7 Å². The molecule has 0 fully saturated rings.